The number of nitrogens with one attached hydrogen (secondary N) is 1. The number of hydrogen-bond donors (Lipinski definition) is 1. The van der Waals surface area contributed by atoms with Gasteiger partial charge in [0.05, 0.1) is 0 Å². The van der Waals surface area contributed by atoms with Crippen molar-refractivity contribution in [1.82, 2.24) is 39.3 Å². The largest absolute Gasteiger partial charge is 0.361 e. The summed E-state index contributed by atoms with van der Waals surface area (Å²) < 4.78 is 10.2. The summed E-state index contributed by atoms with van der Waals surface area (Å²) in [5.74, 6) is 1.39. The Morgan fingerprint density at radius 3 is 2.38 bits per heavy atom. The van der Waals surface area contributed by atoms with Crippen molar-refractivity contribution in [2.45, 2.75) is 65.8 Å². The fraction of sp³-hybridized carbons (Fsp3) is 0.379. The summed E-state index contributed by atoms with van der Waals surface area (Å²) in [4.78, 5) is 31.7. The van der Waals surface area contributed by atoms with Crippen LogP contribution in [0.3, 0.4) is 0 Å². The number of H-pyrrole nitrogens is 1. The zero-order chi connectivity index (χ0) is 28.2. The van der Waals surface area contributed by atoms with Gasteiger partial charge in [0.15, 0.2) is 17.0 Å². The Bertz CT molecular complexity index is 1720. The molecule has 5 rings (SSSR count). The highest BCUT2D eigenvalue weighted by Gasteiger charge is 2.23. The number of methoxy groups -OCH3 is 1. The molecule has 1 unspecified atom stereocenters. The minimum absolute atomic E-state index is 0.259. The van der Waals surface area contributed by atoms with E-state index in [1.165, 1.54) is 9.13 Å². The maximum absolute atomic E-state index is 13.6. The van der Waals surface area contributed by atoms with Crippen molar-refractivity contribution in [2.75, 3.05) is 7.11 Å². The van der Waals surface area contributed by atoms with Crippen molar-refractivity contribution in [3.8, 4) is 22.5 Å². The van der Waals surface area contributed by atoms with Gasteiger partial charge >= 0.3 is 5.69 Å². The number of benzene rings is 2. The molecule has 5 aromatic rings. The predicted octanol–water partition coefficient (Wildman–Crippen LogP) is 4.17. The van der Waals surface area contributed by atoms with Gasteiger partial charge in [0.25, 0.3) is 5.56 Å². The van der Waals surface area contributed by atoms with Crippen molar-refractivity contribution >= 4 is 11.2 Å². The monoisotopic (exact) mass is 542 g/mol. The van der Waals surface area contributed by atoms with Gasteiger partial charge < -0.3 is 9.30 Å². The second kappa shape index (κ2) is 11.8. The Balaban J connectivity index is 1.60. The summed E-state index contributed by atoms with van der Waals surface area (Å²) >= 11 is 0. The number of hydrogen-bond acceptors (Lipinski definition) is 7. The second-order valence-corrected chi connectivity index (χ2v) is 9.77. The van der Waals surface area contributed by atoms with Gasteiger partial charge in [0.2, 0.25) is 0 Å². The topological polar surface area (TPSA) is 126 Å². The predicted molar refractivity (Wildman–Crippen MR) is 153 cm³/mol. The average molecular weight is 543 g/mol. The van der Waals surface area contributed by atoms with E-state index in [0.29, 0.717) is 30.0 Å². The van der Waals surface area contributed by atoms with Crippen LogP contribution in [0.15, 0.2) is 58.1 Å². The minimum atomic E-state index is -0.570. The number of rotatable bonds is 11. The summed E-state index contributed by atoms with van der Waals surface area (Å²) in [6, 6.07) is 16.2. The summed E-state index contributed by atoms with van der Waals surface area (Å²) in [6.07, 6.45) is 3.21. The SMILES string of the molecule is CCCCCc1nc2c(c(=O)n(CC)c(=O)n2C(C)OC)n1Cc1ccc(-c2ccccc2-c2nnn[nH]2)cc1. The van der Waals surface area contributed by atoms with Gasteiger partial charge in [-0.3, -0.25) is 9.36 Å². The van der Waals surface area contributed by atoms with Crippen molar-refractivity contribution in [2.24, 2.45) is 0 Å². The first kappa shape index (κ1) is 27.2. The van der Waals surface area contributed by atoms with E-state index in [1.54, 1.807) is 21.0 Å². The molecule has 0 saturated carbocycles. The first-order chi connectivity index (χ1) is 19.5. The number of imidazole rings is 1. The van der Waals surface area contributed by atoms with Crippen LogP contribution in [0.2, 0.25) is 0 Å². The third-order valence-electron chi connectivity index (χ3n) is 7.30. The number of fused-ring (bicyclic) bond motifs is 1. The Hall–Kier alpha value is -4.38. The molecule has 0 radical (unpaired) electrons. The molecule has 1 N–H and O–H groups in total. The van der Waals surface area contributed by atoms with Gasteiger partial charge in [0.1, 0.15) is 12.1 Å². The van der Waals surface area contributed by atoms with Crippen LogP contribution >= 0.6 is 0 Å². The minimum Gasteiger partial charge on any atom is -0.361 e. The first-order valence-electron chi connectivity index (χ1n) is 13.7. The van der Waals surface area contributed by atoms with E-state index in [1.807, 2.05) is 28.8 Å². The van der Waals surface area contributed by atoms with Gasteiger partial charge in [-0.05, 0) is 47.4 Å². The molecule has 0 saturated heterocycles. The lowest BCUT2D eigenvalue weighted by Gasteiger charge is -2.16. The molecule has 0 aliphatic rings. The first-order valence-corrected chi connectivity index (χ1v) is 13.7. The van der Waals surface area contributed by atoms with Crippen LogP contribution in [0.4, 0.5) is 0 Å². The summed E-state index contributed by atoms with van der Waals surface area (Å²) in [5.41, 5.74) is 3.99. The molecule has 0 aliphatic carbocycles. The van der Waals surface area contributed by atoms with E-state index in [9.17, 15) is 9.59 Å². The molecule has 1 atom stereocenters. The van der Waals surface area contributed by atoms with E-state index < -0.39 is 11.9 Å². The van der Waals surface area contributed by atoms with Crippen LogP contribution in [-0.4, -0.2) is 46.4 Å². The molecule has 3 heterocycles. The molecule has 40 heavy (non-hydrogen) atoms. The van der Waals surface area contributed by atoms with E-state index >= 15 is 0 Å². The molecule has 3 aromatic heterocycles. The lowest BCUT2D eigenvalue weighted by Crippen LogP contribution is -2.41. The van der Waals surface area contributed by atoms with Gasteiger partial charge in [-0.15, -0.1) is 5.10 Å². The van der Waals surface area contributed by atoms with Gasteiger partial charge in [0, 0.05) is 32.2 Å². The maximum Gasteiger partial charge on any atom is 0.334 e. The molecule has 0 fully saturated rings. The van der Waals surface area contributed by atoms with Gasteiger partial charge in [-0.25, -0.2) is 19.4 Å². The third-order valence-corrected chi connectivity index (χ3v) is 7.30. The molecular weight excluding hydrogens is 508 g/mol. The Morgan fingerprint density at radius 2 is 1.73 bits per heavy atom. The highest BCUT2D eigenvalue weighted by molar-refractivity contribution is 5.80. The number of aromatic nitrogens is 8. The molecule has 0 amide bonds. The number of aromatic amines is 1. The maximum atomic E-state index is 13.6. The number of aryl methyl sites for hydroxylation is 1. The molecule has 0 aliphatic heterocycles. The quantitative estimate of drug-likeness (QED) is 0.248. The van der Waals surface area contributed by atoms with Gasteiger partial charge in [-0.1, -0.05) is 68.3 Å². The van der Waals surface area contributed by atoms with Crippen LogP contribution in [0.1, 0.15) is 57.6 Å². The highest BCUT2D eigenvalue weighted by atomic mass is 16.5. The van der Waals surface area contributed by atoms with Crippen molar-refractivity contribution < 1.29 is 4.74 Å². The molecule has 208 valence electrons. The van der Waals surface area contributed by atoms with Crippen LogP contribution in [-0.2, 0) is 24.2 Å². The Kier molecular flexibility index (Phi) is 8.01. The number of nitrogens with zero attached hydrogens (tertiary/aromatic N) is 7. The van der Waals surface area contributed by atoms with E-state index in [4.69, 9.17) is 9.72 Å². The average Bonchev–Trinajstić information content (AvgIpc) is 3.63. The van der Waals surface area contributed by atoms with Crippen LogP contribution in [0.25, 0.3) is 33.7 Å². The second-order valence-electron chi connectivity index (χ2n) is 9.77. The normalized spacial score (nSPS) is 12.3. The van der Waals surface area contributed by atoms with E-state index in [2.05, 4.69) is 51.8 Å². The van der Waals surface area contributed by atoms with Crippen LogP contribution in [0, 0.1) is 0 Å². The molecular formula is C29H34N8O3. The third kappa shape index (κ3) is 5.00. The molecule has 2 aromatic carbocycles. The number of ether oxygens (including phenoxy) is 1. The van der Waals surface area contributed by atoms with Gasteiger partial charge in [-0.2, -0.15) is 0 Å². The Morgan fingerprint density at radius 1 is 0.975 bits per heavy atom. The summed E-state index contributed by atoms with van der Waals surface area (Å²) in [5, 5.41) is 14.3. The molecule has 0 spiro atoms. The standard InChI is InChI=1S/C29H34N8O3/c1-5-7-8-13-24-30-27-25(28(38)35(6-2)29(39)37(27)19(3)40-4)36(24)18-20-14-16-21(17-15-20)22-11-9-10-12-23(22)26-31-33-34-32-26/h9-12,14-17,19H,5-8,13,18H2,1-4H3,(H,31,32,33,34). The van der Waals surface area contributed by atoms with Crippen LogP contribution < -0.4 is 11.2 Å². The fourth-order valence-corrected chi connectivity index (χ4v) is 5.09. The smallest absolute Gasteiger partial charge is 0.334 e. The fourth-order valence-electron chi connectivity index (χ4n) is 5.09. The Labute approximate surface area is 231 Å². The molecule has 0 bridgehead atoms. The van der Waals surface area contributed by atoms with E-state index in [0.717, 1.165) is 47.3 Å². The number of tetrazole rings is 1. The molecule has 11 nitrogen and oxygen atoms in total. The van der Waals surface area contributed by atoms with Crippen molar-refractivity contribution in [3.63, 3.8) is 0 Å². The van der Waals surface area contributed by atoms with Crippen molar-refractivity contribution in [3.05, 3.63) is 80.8 Å². The zero-order valence-electron chi connectivity index (χ0n) is 23.3. The summed E-state index contributed by atoms with van der Waals surface area (Å²) in [6.45, 7) is 6.44. The number of unbranched alkanes of at least 4 members (excludes halogenated alkanes) is 2. The zero-order valence-corrected chi connectivity index (χ0v) is 23.3. The lowest BCUT2D eigenvalue weighted by atomic mass is 9.98. The highest BCUT2D eigenvalue weighted by Crippen LogP contribution is 2.30. The van der Waals surface area contributed by atoms with Crippen LogP contribution in [0.5, 0.6) is 0 Å². The lowest BCUT2D eigenvalue weighted by molar-refractivity contribution is 0.0586. The van der Waals surface area contributed by atoms with E-state index in [-0.39, 0.29) is 12.1 Å². The summed E-state index contributed by atoms with van der Waals surface area (Å²) in [7, 11) is 1.54. The molecule has 11 heteroatoms. The van der Waals surface area contributed by atoms with Crippen molar-refractivity contribution in [1.29, 1.82) is 0 Å².